The first-order chi connectivity index (χ1) is 10.1. The number of hydrogen-bond donors (Lipinski definition) is 2. The summed E-state index contributed by atoms with van der Waals surface area (Å²) in [6, 6.07) is 3.94. The van der Waals surface area contributed by atoms with Crippen LogP contribution in [-0.2, 0) is 16.0 Å². The summed E-state index contributed by atoms with van der Waals surface area (Å²) in [5, 5.41) is 8.28. The number of carbonyl (C=O) groups is 1. The van der Waals surface area contributed by atoms with Crippen LogP contribution in [0.4, 0.5) is 0 Å². The fourth-order valence-corrected chi connectivity index (χ4v) is 3.02. The van der Waals surface area contributed by atoms with E-state index in [1.165, 1.54) is 4.88 Å². The largest absolute Gasteiger partial charge is 0.374 e. The lowest BCUT2D eigenvalue weighted by molar-refractivity contribution is -0.122. The van der Waals surface area contributed by atoms with Gasteiger partial charge in [0.05, 0.1) is 18.8 Å². The summed E-state index contributed by atoms with van der Waals surface area (Å²) in [6.07, 6.45) is 1.07. The number of thiophene rings is 1. The summed E-state index contributed by atoms with van der Waals surface area (Å²) >= 11 is 1.72. The van der Waals surface area contributed by atoms with E-state index in [1.807, 2.05) is 13.0 Å². The first-order valence-electron chi connectivity index (χ1n) is 7.49. The molecule has 1 amide bonds. The van der Waals surface area contributed by atoms with Gasteiger partial charge in [0, 0.05) is 31.1 Å². The number of nitrogens with one attached hydrogen (secondary N) is 2. The maximum Gasteiger partial charge on any atom is 0.236 e. The summed E-state index contributed by atoms with van der Waals surface area (Å²) in [5.74, 6) is 0.0516. The molecule has 5 nitrogen and oxygen atoms in total. The van der Waals surface area contributed by atoms with Crippen LogP contribution in [0.1, 0.15) is 11.8 Å². The molecule has 0 saturated carbocycles. The fourth-order valence-electron chi connectivity index (χ4n) is 2.31. The van der Waals surface area contributed by atoms with Crippen LogP contribution in [0.15, 0.2) is 17.5 Å². The minimum atomic E-state index is -0.191. The third-order valence-electron chi connectivity index (χ3n) is 3.64. The molecule has 0 unspecified atom stereocenters. The van der Waals surface area contributed by atoms with Gasteiger partial charge in [-0.15, -0.1) is 11.3 Å². The van der Waals surface area contributed by atoms with Gasteiger partial charge in [0.25, 0.3) is 0 Å². The Morgan fingerprint density at radius 1 is 1.62 bits per heavy atom. The van der Waals surface area contributed by atoms with Crippen molar-refractivity contribution < 1.29 is 9.53 Å². The molecule has 2 atom stereocenters. The van der Waals surface area contributed by atoms with Gasteiger partial charge in [-0.05, 0) is 31.8 Å². The van der Waals surface area contributed by atoms with Crippen molar-refractivity contribution in [3.8, 4) is 0 Å². The van der Waals surface area contributed by atoms with E-state index >= 15 is 0 Å². The van der Waals surface area contributed by atoms with Crippen LogP contribution < -0.4 is 10.6 Å². The first kappa shape index (κ1) is 16.4. The minimum Gasteiger partial charge on any atom is -0.374 e. The van der Waals surface area contributed by atoms with Crippen LogP contribution in [0.25, 0.3) is 0 Å². The summed E-state index contributed by atoms with van der Waals surface area (Å²) in [4.78, 5) is 15.5. The zero-order chi connectivity index (χ0) is 15.1. The molecule has 2 rings (SSSR count). The molecule has 0 aliphatic carbocycles. The Morgan fingerprint density at radius 2 is 2.48 bits per heavy atom. The van der Waals surface area contributed by atoms with Gasteiger partial charge < -0.3 is 20.3 Å². The lowest BCUT2D eigenvalue weighted by Gasteiger charge is -2.30. The van der Waals surface area contributed by atoms with Crippen LogP contribution in [0.2, 0.25) is 0 Å². The van der Waals surface area contributed by atoms with E-state index in [-0.39, 0.29) is 18.1 Å². The Morgan fingerprint density at radius 3 is 3.19 bits per heavy atom. The van der Waals surface area contributed by atoms with Crippen LogP contribution in [0, 0.1) is 0 Å². The molecule has 0 aromatic carbocycles. The predicted octanol–water partition coefficient (Wildman–Crippen LogP) is 0.716. The highest BCUT2D eigenvalue weighted by Crippen LogP contribution is 2.08. The number of nitrogens with zero attached hydrogens (tertiary/aromatic N) is 1. The molecule has 1 saturated heterocycles. The maximum atomic E-state index is 12.0. The second-order valence-corrected chi connectivity index (χ2v) is 6.54. The molecule has 1 aromatic heterocycles. The zero-order valence-corrected chi connectivity index (χ0v) is 13.6. The zero-order valence-electron chi connectivity index (χ0n) is 12.8. The summed E-state index contributed by atoms with van der Waals surface area (Å²) in [7, 11) is 2.09. The molecule has 0 bridgehead atoms. The predicted molar refractivity (Wildman–Crippen MR) is 85.7 cm³/mol. The van der Waals surface area contributed by atoms with Crippen molar-refractivity contribution in [3.63, 3.8) is 0 Å². The Hall–Kier alpha value is -0.950. The molecule has 118 valence electrons. The number of morpholine rings is 1. The van der Waals surface area contributed by atoms with E-state index in [0.29, 0.717) is 13.1 Å². The topological polar surface area (TPSA) is 53.6 Å². The molecule has 1 aliphatic rings. The second-order valence-electron chi connectivity index (χ2n) is 5.51. The highest BCUT2D eigenvalue weighted by atomic mass is 32.1. The number of ether oxygens (including phenoxy) is 1. The number of hydrogen-bond acceptors (Lipinski definition) is 5. The monoisotopic (exact) mass is 311 g/mol. The quantitative estimate of drug-likeness (QED) is 0.779. The van der Waals surface area contributed by atoms with Crippen molar-refractivity contribution in [2.45, 2.75) is 25.5 Å². The number of likely N-dealkylation sites (N-methyl/N-ethyl adjacent to an activating group) is 1. The average molecular weight is 311 g/mol. The van der Waals surface area contributed by atoms with Crippen molar-refractivity contribution in [2.24, 2.45) is 0 Å². The van der Waals surface area contributed by atoms with Crippen LogP contribution in [0.3, 0.4) is 0 Å². The Labute approximate surface area is 130 Å². The Bertz CT molecular complexity index is 425. The molecular weight excluding hydrogens is 286 g/mol. The first-order valence-corrected chi connectivity index (χ1v) is 8.36. The van der Waals surface area contributed by atoms with E-state index in [0.717, 1.165) is 26.1 Å². The van der Waals surface area contributed by atoms with E-state index in [9.17, 15) is 4.79 Å². The molecule has 0 spiro atoms. The third-order valence-corrected chi connectivity index (χ3v) is 4.57. The molecule has 2 heterocycles. The SMILES string of the molecule is C[C@H](NC[C@@H]1CN(C)CCO1)C(=O)NCCc1cccs1. The van der Waals surface area contributed by atoms with Crippen molar-refractivity contribution in [3.05, 3.63) is 22.4 Å². The van der Waals surface area contributed by atoms with Crippen LogP contribution >= 0.6 is 11.3 Å². The van der Waals surface area contributed by atoms with Crippen molar-refractivity contribution in [1.82, 2.24) is 15.5 Å². The molecule has 2 N–H and O–H groups in total. The average Bonchev–Trinajstić information content (AvgIpc) is 2.98. The molecule has 1 aliphatic heterocycles. The van der Waals surface area contributed by atoms with E-state index in [1.54, 1.807) is 11.3 Å². The smallest absolute Gasteiger partial charge is 0.236 e. The Balaban J connectivity index is 1.60. The standard InChI is InChI=1S/C15H25N3O2S/c1-12(17-10-13-11-18(2)7-8-20-13)15(19)16-6-5-14-4-3-9-21-14/h3-4,9,12-13,17H,5-8,10-11H2,1-2H3,(H,16,19)/t12-,13+/m0/s1. The van der Waals surface area contributed by atoms with Gasteiger partial charge >= 0.3 is 0 Å². The number of rotatable bonds is 7. The molecule has 1 aromatic rings. The van der Waals surface area contributed by atoms with E-state index < -0.39 is 0 Å². The highest BCUT2D eigenvalue weighted by Gasteiger charge is 2.19. The molecular formula is C15H25N3O2S. The third kappa shape index (κ3) is 5.74. The maximum absolute atomic E-state index is 12.0. The number of amides is 1. The van der Waals surface area contributed by atoms with Gasteiger partial charge in [-0.3, -0.25) is 4.79 Å². The summed E-state index contributed by atoms with van der Waals surface area (Å²) in [5.41, 5.74) is 0. The molecule has 6 heteroatoms. The van der Waals surface area contributed by atoms with Crippen molar-refractivity contribution >= 4 is 17.2 Å². The minimum absolute atomic E-state index is 0.0516. The van der Waals surface area contributed by atoms with Crippen molar-refractivity contribution in [2.75, 3.05) is 39.8 Å². The van der Waals surface area contributed by atoms with E-state index in [4.69, 9.17) is 4.74 Å². The highest BCUT2D eigenvalue weighted by molar-refractivity contribution is 7.09. The number of carbonyl (C=O) groups excluding carboxylic acids is 1. The lowest BCUT2D eigenvalue weighted by Crippen LogP contribution is -2.49. The van der Waals surface area contributed by atoms with Crippen molar-refractivity contribution in [1.29, 1.82) is 0 Å². The fraction of sp³-hybridized carbons (Fsp3) is 0.667. The molecule has 1 fully saturated rings. The van der Waals surface area contributed by atoms with E-state index in [2.05, 4.69) is 34.0 Å². The summed E-state index contributed by atoms with van der Waals surface area (Å²) < 4.78 is 5.67. The van der Waals surface area contributed by atoms with Crippen LogP contribution in [0.5, 0.6) is 0 Å². The van der Waals surface area contributed by atoms with Gasteiger partial charge in [0.15, 0.2) is 0 Å². The second kappa shape index (κ2) is 8.48. The molecule has 0 radical (unpaired) electrons. The Kier molecular flexibility index (Phi) is 6.63. The summed E-state index contributed by atoms with van der Waals surface area (Å²) in [6.45, 7) is 5.96. The normalized spacial score (nSPS) is 21.1. The molecule has 21 heavy (non-hydrogen) atoms. The van der Waals surface area contributed by atoms with Crippen LogP contribution in [-0.4, -0.2) is 62.8 Å². The van der Waals surface area contributed by atoms with Gasteiger partial charge in [-0.2, -0.15) is 0 Å². The van der Waals surface area contributed by atoms with Gasteiger partial charge in [-0.25, -0.2) is 0 Å². The van der Waals surface area contributed by atoms with Gasteiger partial charge in [0.2, 0.25) is 5.91 Å². The van der Waals surface area contributed by atoms with Gasteiger partial charge in [-0.1, -0.05) is 6.07 Å². The lowest BCUT2D eigenvalue weighted by atomic mass is 10.2. The van der Waals surface area contributed by atoms with Gasteiger partial charge in [0.1, 0.15) is 0 Å².